The Morgan fingerprint density at radius 3 is 2.44 bits per heavy atom. The van der Waals surface area contributed by atoms with E-state index in [4.69, 9.17) is 16.7 Å². The van der Waals surface area contributed by atoms with E-state index >= 15 is 0 Å². The fourth-order valence-corrected chi connectivity index (χ4v) is 1.96. The second kappa shape index (κ2) is 4.73. The molecule has 0 aliphatic rings. The highest BCUT2D eigenvalue weighted by Gasteiger charge is 2.06. The molecule has 0 bridgehead atoms. The van der Waals surface area contributed by atoms with Gasteiger partial charge in [0.2, 0.25) is 0 Å². The van der Waals surface area contributed by atoms with Crippen LogP contribution in [0.5, 0.6) is 0 Å². The van der Waals surface area contributed by atoms with E-state index in [0.717, 1.165) is 22.0 Å². The molecule has 1 aromatic heterocycles. The predicted octanol–water partition coefficient (Wildman–Crippen LogP) is 3.11. The monoisotopic (exact) mass is 235 g/mol. The molecule has 0 radical (unpaired) electrons. The van der Waals surface area contributed by atoms with Crippen LogP contribution in [0.25, 0.3) is 11.3 Å². The number of aromatic nitrogens is 1. The molecule has 0 saturated carbocycles. The Morgan fingerprint density at radius 2 is 1.81 bits per heavy atom. The molecular weight excluding hydrogens is 222 g/mol. The van der Waals surface area contributed by atoms with Crippen LogP contribution >= 0.6 is 11.6 Å². The molecule has 0 unspecified atom stereocenters. The lowest BCUT2D eigenvalue weighted by atomic mass is 10.1. The van der Waals surface area contributed by atoms with E-state index in [1.807, 2.05) is 31.2 Å². The number of aliphatic hydroxyl groups excluding tert-OH is 1. The quantitative estimate of drug-likeness (QED) is 0.869. The van der Waals surface area contributed by atoms with Gasteiger partial charge < -0.3 is 9.67 Å². The summed E-state index contributed by atoms with van der Waals surface area (Å²) in [6.07, 6.45) is 0. The molecular formula is C13H14ClNO. The molecule has 0 aliphatic heterocycles. The molecule has 2 aromatic rings. The molecule has 84 valence electrons. The summed E-state index contributed by atoms with van der Waals surface area (Å²) in [6, 6.07) is 11.9. The Kier molecular flexibility index (Phi) is 3.32. The van der Waals surface area contributed by atoms with E-state index in [9.17, 15) is 0 Å². The van der Waals surface area contributed by atoms with E-state index < -0.39 is 0 Å². The number of nitrogens with zero attached hydrogens (tertiary/aromatic N) is 1. The highest BCUT2D eigenvalue weighted by atomic mass is 35.5. The summed E-state index contributed by atoms with van der Waals surface area (Å²) < 4.78 is 2.10. The number of benzene rings is 1. The van der Waals surface area contributed by atoms with E-state index in [2.05, 4.69) is 16.7 Å². The third kappa shape index (κ3) is 2.13. The molecule has 0 atom stereocenters. The molecule has 0 spiro atoms. The van der Waals surface area contributed by atoms with Crippen molar-refractivity contribution >= 4 is 11.6 Å². The highest BCUT2D eigenvalue weighted by molar-refractivity contribution is 6.30. The summed E-state index contributed by atoms with van der Waals surface area (Å²) >= 11 is 5.86. The summed E-state index contributed by atoms with van der Waals surface area (Å²) in [5, 5.41) is 9.77. The molecule has 16 heavy (non-hydrogen) atoms. The van der Waals surface area contributed by atoms with E-state index in [1.54, 1.807) is 0 Å². The van der Waals surface area contributed by atoms with Gasteiger partial charge in [0, 0.05) is 23.0 Å². The maximum absolute atomic E-state index is 9.04. The first-order valence-electron chi connectivity index (χ1n) is 5.25. The van der Waals surface area contributed by atoms with Crippen molar-refractivity contribution < 1.29 is 5.11 Å². The minimum absolute atomic E-state index is 0.149. The summed E-state index contributed by atoms with van der Waals surface area (Å²) in [5.74, 6) is 0. The predicted molar refractivity (Wildman–Crippen MR) is 66.7 cm³/mol. The Hall–Kier alpha value is -1.25. The van der Waals surface area contributed by atoms with Gasteiger partial charge in [-0.15, -0.1) is 0 Å². The number of aryl methyl sites for hydroxylation is 1. The number of aliphatic hydroxyl groups is 1. The van der Waals surface area contributed by atoms with E-state index in [0.29, 0.717) is 6.54 Å². The number of rotatable bonds is 3. The minimum Gasteiger partial charge on any atom is -0.395 e. The largest absolute Gasteiger partial charge is 0.395 e. The summed E-state index contributed by atoms with van der Waals surface area (Å²) in [4.78, 5) is 0. The first-order valence-corrected chi connectivity index (χ1v) is 5.63. The third-order valence-corrected chi connectivity index (χ3v) is 2.91. The smallest absolute Gasteiger partial charge is 0.0610 e. The molecule has 2 rings (SSSR count). The van der Waals surface area contributed by atoms with Gasteiger partial charge in [-0.1, -0.05) is 23.7 Å². The van der Waals surface area contributed by atoms with Crippen molar-refractivity contribution in [2.24, 2.45) is 0 Å². The SMILES string of the molecule is Cc1ccc(-c2ccc(Cl)cc2)n1CCO. The summed E-state index contributed by atoms with van der Waals surface area (Å²) in [7, 11) is 0. The van der Waals surface area contributed by atoms with Crippen LogP contribution in [-0.2, 0) is 6.54 Å². The average Bonchev–Trinajstić information content (AvgIpc) is 2.63. The zero-order valence-electron chi connectivity index (χ0n) is 9.15. The van der Waals surface area contributed by atoms with Crippen LogP contribution in [0.1, 0.15) is 5.69 Å². The van der Waals surface area contributed by atoms with Crippen LogP contribution in [0.2, 0.25) is 5.02 Å². The van der Waals surface area contributed by atoms with E-state index in [-0.39, 0.29) is 6.61 Å². The average molecular weight is 236 g/mol. The van der Waals surface area contributed by atoms with Gasteiger partial charge >= 0.3 is 0 Å². The summed E-state index contributed by atoms with van der Waals surface area (Å²) in [6.45, 7) is 2.81. The first-order chi connectivity index (χ1) is 7.72. The number of halogens is 1. The van der Waals surface area contributed by atoms with Crippen LogP contribution in [0.3, 0.4) is 0 Å². The first kappa shape index (κ1) is 11.2. The lowest BCUT2D eigenvalue weighted by Gasteiger charge is -2.10. The molecule has 0 fully saturated rings. The van der Waals surface area contributed by atoms with Gasteiger partial charge in [-0.05, 0) is 36.8 Å². The van der Waals surface area contributed by atoms with Crippen LogP contribution in [0.4, 0.5) is 0 Å². The van der Waals surface area contributed by atoms with Crippen molar-refractivity contribution in [1.29, 1.82) is 0 Å². The third-order valence-electron chi connectivity index (χ3n) is 2.66. The Labute approximate surface area is 100 Å². The number of hydrogen-bond acceptors (Lipinski definition) is 1. The van der Waals surface area contributed by atoms with Crippen molar-refractivity contribution in [2.45, 2.75) is 13.5 Å². The second-order valence-corrected chi connectivity index (χ2v) is 4.18. The molecule has 0 aliphatic carbocycles. The highest BCUT2D eigenvalue weighted by Crippen LogP contribution is 2.23. The fraction of sp³-hybridized carbons (Fsp3) is 0.231. The van der Waals surface area contributed by atoms with Crippen molar-refractivity contribution in [3.63, 3.8) is 0 Å². The Morgan fingerprint density at radius 1 is 1.12 bits per heavy atom. The second-order valence-electron chi connectivity index (χ2n) is 3.74. The lowest BCUT2D eigenvalue weighted by Crippen LogP contribution is -2.05. The molecule has 3 heteroatoms. The maximum atomic E-state index is 9.04. The zero-order chi connectivity index (χ0) is 11.5. The molecule has 1 heterocycles. The topological polar surface area (TPSA) is 25.2 Å². The van der Waals surface area contributed by atoms with Crippen LogP contribution in [0.15, 0.2) is 36.4 Å². The van der Waals surface area contributed by atoms with Gasteiger partial charge in [-0.25, -0.2) is 0 Å². The summed E-state index contributed by atoms with van der Waals surface area (Å²) in [5.41, 5.74) is 3.38. The molecule has 1 N–H and O–H groups in total. The maximum Gasteiger partial charge on any atom is 0.0610 e. The van der Waals surface area contributed by atoms with Crippen molar-refractivity contribution in [3.8, 4) is 11.3 Å². The minimum atomic E-state index is 0.149. The standard InChI is InChI=1S/C13H14ClNO/c1-10-2-7-13(15(10)8-9-16)11-3-5-12(14)6-4-11/h2-7,16H,8-9H2,1H3. The van der Waals surface area contributed by atoms with Crippen LogP contribution < -0.4 is 0 Å². The normalized spacial score (nSPS) is 10.7. The molecule has 2 nitrogen and oxygen atoms in total. The molecule has 0 saturated heterocycles. The Balaban J connectivity index is 2.43. The fourth-order valence-electron chi connectivity index (χ4n) is 1.84. The molecule has 0 amide bonds. The zero-order valence-corrected chi connectivity index (χ0v) is 9.91. The van der Waals surface area contributed by atoms with Crippen molar-refractivity contribution in [1.82, 2.24) is 4.57 Å². The van der Waals surface area contributed by atoms with Gasteiger partial charge in [0.05, 0.1) is 6.61 Å². The van der Waals surface area contributed by atoms with Gasteiger partial charge in [-0.3, -0.25) is 0 Å². The van der Waals surface area contributed by atoms with Gasteiger partial charge in [-0.2, -0.15) is 0 Å². The van der Waals surface area contributed by atoms with Crippen molar-refractivity contribution in [3.05, 3.63) is 47.1 Å². The van der Waals surface area contributed by atoms with Gasteiger partial charge in [0.1, 0.15) is 0 Å². The lowest BCUT2D eigenvalue weighted by molar-refractivity contribution is 0.276. The van der Waals surface area contributed by atoms with Crippen LogP contribution in [-0.4, -0.2) is 16.3 Å². The molecule has 1 aromatic carbocycles. The number of hydrogen-bond donors (Lipinski definition) is 1. The van der Waals surface area contributed by atoms with Crippen LogP contribution in [0, 0.1) is 6.92 Å². The van der Waals surface area contributed by atoms with Gasteiger partial charge in [0.25, 0.3) is 0 Å². The van der Waals surface area contributed by atoms with Gasteiger partial charge in [0.15, 0.2) is 0 Å². The van der Waals surface area contributed by atoms with E-state index in [1.165, 1.54) is 0 Å². The Bertz CT molecular complexity index is 473. The van der Waals surface area contributed by atoms with Crippen molar-refractivity contribution in [2.75, 3.05) is 6.61 Å².